The van der Waals surface area contributed by atoms with Gasteiger partial charge in [-0.25, -0.2) is 13.1 Å². The standard InChI is InChI=1S/C11H15BrClNO3S2/c12-9-2-3-11(10(13)8-9)19(16,17)14-4-7-18-6-1-5-15/h2-3,8,14-15H,1,4-7H2. The van der Waals surface area contributed by atoms with Crippen molar-refractivity contribution in [2.75, 3.05) is 24.7 Å². The van der Waals surface area contributed by atoms with Crippen LogP contribution in [0.5, 0.6) is 0 Å². The Morgan fingerprint density at radius 2 is 2.11 bits per heavy atom. The summed E-state index contributed by atoms with van der Waals surface area (Å²) >= 11 is 10.7. The molecule has 1 rings (SSSR count). The number of halogens is 2. The van der Waals surface area contributed by atoms with Crippen molar-refractivity contribution < 1.29 is 13.5 Å². The van der Waals surface area contributed by atoms with Gasteiger partial charge < -0.3 is 5.11 Å². The number of benzene rings is 1. The lowest BCUT2D eigenvalue weighted by atomic mass is 10.4. The van der Waals surface area contributed by atoms with Crippen molar-refractivity contribution in [2.24, 2.45) is 0 Å². The third-order valence-corrected chi connectivity index (χ3v) is 5.68. The van der Waals surface area contributed by atoms with E-state index in [2.05, 4.69) is 20.7 Å². The van der Waals surface area contributed by atoms with Gasteiger partial charge in [-0.3, -0.25) is 0 Å². The lowest BCUT2D eigenvalue weighted by molar-refractivity contribution is 0.296. The van der Waals surface area contributed by atoms with Crippen LogP contribution in [0.3, 0.4) is 0 Å². The highest BCUT2D eigenvalue weighted by molar-refractivity contribution is 9.10. The van der Waals surface area contributed by atoms with Crippen LogP contribution in [0.15, 0.2) is 27.6 Å². The molecule has 0 aliphatic carbocycles. The quantitative estimate of drug-likeness (QED) is 0.672. The van der Waals surface area contributed by atoms with E-state index in [-0.39, 0.29) is 16.5 Å². The summed E-state index contributed by atoms with van der Waals surface area (Å²) < 4.78 is 27.2. The largest absolute Gasteiger partial charge is 0.396 e. The smallest absolute Gasteiger partial charge is 0.242 e. The summed E-state index contributed by atoms with van der Waals surface area (Å²) in [5.74, 6) is 1.48. The van der Waals surface area contributed by atoms with Crippen LogP contribution in [0.4, 0.5) is 0 Å². The van der Waals surface area contributed by atoms with E-state index < -0.39 is 10.0 Å². The Morgan fingerprint density at radius 3 is 2.74 bits per heavy atom. The van der Waals surface area contributed by atoms with E-state index in [0.29, 0.717) is 12.3 Å². The number of sulfonamides is 1. The number of thioether (sulfide) groups is 1. The normalized spacial score (nSPS) is 11.7. The van der Waals surface area contributed by atoms with E-state index in [4.69, 9.17) is 16.7 Å². The second-order valence-electron chi connectivity index (χ2n) is 3.66. The van der Waals surface area contributed by atoms with Crippen LogP contribution >= 0.6 is 39.3 Å². The molecule has 0 heterocycles. The molecule has 0 fully saturated rings. The number of nitrogens with one attached hydrogen (secondary N) is 1. The number of hydrogen-bond acceptors (Lipinski definition) is 4. The molecule has 0 aliphatic rings. The Bertz CT molecular complexity index is 511. The molecule has 0 atom stereocenters. The van der Waals surface area contributed by atoms with Gasteiger partial charge in [-0.1, -0.05) is 27.5 Å². The Balaban J connectivity index is 2.52. The van der Waals surface area contributed by atoms with Crippen LogP contribution in [-0.4, -0.2) is 38.2 Å². The van der Waals surface area contributed by atoms with Gasteiger partial charge in [0.2, 0.25) is 10.0 Å². The minimum Gasteiger partial charge on any atom is -0.396 e. The van der Waals surface area contributed by atoms with E-state index in [1.54, 1.807) is 23.9 Å². The first-order chi connectivity index (χ1) is 8.97. The zero-order valence-corrected chi connectivity index (χ0v) is 14.1. The molecule has 0 amide bonds. The topological polar surface area (TPSA) is 66.4 Å². The minimum atomic E-state index is -3.57. The molecule has 1 aromatic rings. The van der Waals surface area contributed by atoms with Gasteiger partial charge in [0.15, 0.2) is 0 Å². The SMILES string of the molecule is O=S(=O)(NCCSCCCO)c1ccc(Br)cc1Cl. The van der Waals surface area contributed by atoms with E-state index in [1.807, 2.05) is 0 Å². The fraction of sp³-hybridized carbons (Fsp3) is 0.455. The lowest BCUT2D eigenvalue weighted by Crippen LogP contribution is -2.26. The predicted octanol–water partition coefficient (Wildman–Crippen LogP) is 2.50. The van der Waals surface area contributed by atoms with Crippen LogP contribution in [-0.2, 0) is 10.0 Å². The van der Waals surface area contributed by atoms with Gasteiger partial charge in [-0.2, -0.15) is 11.8 Å². The van der Waals surface area contributed by atoms with Gasteiger partial charge in [0.1, 0.15) is 4.90 Å². The molecule has 4 nitrogen and oxygen atoms in total. The molecule has 2 N–H and O–H groups in total. The molecule has 0 spiro atoms. The number of aliphatic hydroxyl groups excluding tert-OH is 1. The molecule has 19 heavy (non-hydrogen) atoms. The maximum Gasteiger partial charge on any atom is 0.242 e. The Kier molecular flexibility index (Phi) is 7.71. The zero-order valence-electron chi connectivity index (χ0n) is 10.1. The first-order valence-corrected chi connectivity index (χ1v) is 9.41. The van der Waals surface area contributed by atoms with Crippen LogP contribution in [0.1, 0.15) is 6.42 Å². The van der Waals surface area contributed by atoms with Gasteiger partial charge in [-0.15, -0.1) is 0 Å². The van der Waals surface area contributed by atoms with Crippen molar-refractivity contribution in [1.29, 1.82) is 0 Å². The van der Waals surface area contributed by atoms with Crippen molar-refractivity contribution in [1.82, 2.24) is 4.72 Å². The Hall–Kier alpha value is 0.210. The van der Waals surface area contributed by atoms with Crippen molar-refractivity contribution in [3.63, 3.8) is 0 Å². The summed E-state index contributed by atoms with van der Waals surface area (Å²) in [4.78, 5) is 0.0812. The molecule has 0 saturated carbocycles. The number of aliphatic hydroxyl groups is 1. The summed E-state index contributed by atoms with van der Waals surface area (Å²) in [6, 6.07) is 4.65. The molecule has 1 aromatic carbocycles. The third kappa shape index (κ3) is 6.01. The molecule has 0 unspecified atom stereocenters. The van der Waals surface area contributed by atoms with E-state index >= 15 is 0 Å². The third-order valence-electron chi connectivity index (χ3n) is 2.17. The second-order valence-corrected chi connectivity index (χ2v) is 7.95. The molecule has 0 aliphatic heterocycles. The second kappa shape index (κ2) is 8.49. The number of rotatable bonds is 8. The maximum atomic E-state index is 12.0. The van der Waals surface area contributed by atoms with E-state index in [0.717, 1.165) is 16.6 Å². The van der Waals surface area contributed by atoms with E-state index in [1.165, 1.54) is 6.07 Å². The molecule has 0 bridgehead atoms. The highest BCUT2D eigenvalue weighted by atomic mass is 79.9. The highest BCUT2D eigenvalue weighted by Crippen LogP contribution is 2.24. The van der Waals surface area contributed by atoms with Crippen molar-refractivity contribution in [3.05, 3.63) is 27.7 Å². The van der Waals surface area contributed by atoms with Gasteiger partial charge >= 0.3 is 0 Å². The summed E-state index contributed by atoms with van der Waals surface area (Å²) in [6.45, 7) is 0.498. The Labute approximate surface area is 131 Å². The van der Waals surface area contributed by atoms with Gasteiger partial charge in [0, 0.05) is 23.4 Å². The van der Waals surface area contributed by atoms with Crippen molar-refractivity contribution in [3.8, 4) is 0 Å². The zero-order chi connectivity index (χ0) is 14.3. The van der Waals surface area contributed by atoms with Crippen molar-refractivity contribution in [2.45, 2.75) is 11.3 Å². The maximum absolute atomic E-state index is 12.0. The van der Waals surface area contributed by atoms with Gasteiger partial charge in [0.05, 0.1) is 5.02 Å². The first-order valence-electron chi connectivity index (χ1n) is 5.60. The minimum absolute atomic E-state index is 0.0812. The van der Waals surface area contributed by atoms with Gasteiger partial charge in [-0.05, 0) is 30.4 Å². The fourth-order valence-electron chi connectivity index (χ4n) is 1.29. The summed E-state index contributed by atoms with van der Waals surface area (Å²) in [6.07, 6.45) is 0.718. The Morgan fingerprint density at radius 1 is 1.37 bits per heavy atom. The van der Waals surface area contributed by atoms with Crippen molar-refractivity contribution >= 4 is 49.3 Å². The monoisotopic (exact) mass is 387 g/mol. The molecule has 0 radical (unpaired) electrons. The lowest BCUT2D eigenvalue weighted by Gasteiger charge is -2.08. The number of hydrogen-bond donors (Lipinski definition) is 2. The van der Waals surface area contributed by atoms with Crippen LogP contribution in [0.2, 0.25) is 5.02 Å². The van der Waals surface area contributed by atoms with Crippen LogP contribution < -0.4 is 4.72 Å². The molecule has 108 valence electrons. The van der Waals surface area contributed by atoms with E-state index in [9.17, 15) is 8.42 Å². The fourth-order valence-corrected chi connectivity index (χ4v) is 4.27. The average molecular weight is 389 g/mol. The highest BCUT2D eigenvalue weighted by Gasteiger charge is 2.17. The van der Waals surface area contributed by atoms with Crippen LogP contribution in [0, 0.1) is 0 Å². The summed E-state index contributed by atoms with van der Waals surface area (Å²) in [5.41, 5.74) is 0. The summed E-state index contributed by atoms with van der Waals surface area (Å²) in [7, 11) is -3.57. The van der Waals surface area contributed by atoms with Crippen LogP contribution in [0.25, 0.3) is 0 Å². The molecule has 0 aromatic heterocycles. The molecule has 8 heteroatoms. The molecule has 0 saturated heterocycles. The molecular weight excluding hydrogens is 374 g/mol. The first kappa shape index (κ1) is 17.3. The predicted molar refractivity (Wildman–Crippen MR) is 83.4 cm³/mol. The summed E-state index contributed by atoms with van der Waals surface area (Å²) in [5, 5.41) is 8.80. The average Bonchev–Trinajstić information content (AvgIpc) is 2.33. The molecular formula is C11H15BrClNO3S2. The van der Waals surface area contributed by atoms with Gasteiger partial charge in [0.25, 0.3) is 0 Å².